The highest BCUT2D eigenvalue weighted by molar-refractivity contribution is 6.30. The van der Waals surface area contributed by atoms with Crippen LogP contribution in [0.2, 0.25) is 5.02 Å². The number of carbonyl (C=O) groups is 2. The lowest BCUT2D eigenvalue weighted by Crippen LogP contribution is -2.20. The zero-order valence-corrected chi connectivity index (χ0v) is 17.1. The Morgan fingerprint density at radius 2 is 1.55 bits per heavy atom. The number of hydrogen-bond acceptors (Lipinski definition) is 4. The van der Waals surface area contributed by atoms with Crippen molar-refractivity contribution in [3.63, 3.8) is 0 Å². The molecule has 3 aromatic carbocycles. The Labute approximate surface area is 184 Å². The number of nitrogens with one attached hydrogen (secondary N) is 2. The van der Waals surface area contributed by atoms with Gasteiger partial charge in [-0.1, -0.05) is 41.9 Å². The summed E-state index contributed by atoms with van der Waals surface area (Å²) < 4.78 is 5.47. The molecule has 0 radical (unpaired) electrons. The summed E-state index contributed by atoms with van der Waals surface area (Å²) in [6.07, 6.45) is 1.47. The Kier molecular flexibility index (Phi) is 7.41. The Balaban J connectivity index is 1.57. The third kappa shape index (κ3) is 6.74. The lowest BCUT2D eigenvalue weighted by molar-refractivity contribution is -0.118. The molecular formula is C24H18ClN3O3. The van der Waals surface area contributed by atoms with Crippen LogP contribution < -0.4 is 15.4 Å². The third-order valence-corrected chi connectivity index (χ3v) is 4.34. The molecule has 0 spiro atoms. The number of amides is 2. The minimum absolute atomic E-state index is 0.0501. The van der Waals surface area contributed by atoms with E-state index in [2.05, 4.69) is 10.6 Å². The van der Waals surface area contributed by atoms with E-state index in [1.54, 1.807) is 60.7 Å². The molecule has 0 bridgehead atoms. The molecule has 0 aliphatic carbocycles. The average Bonchev–Trinajstić information content (AvgIpc) is 2.79. The van der Waals surface area contributed by atoms with E-state index in [1.165, 1.54) is 6.08 Å². The predicted octanol–water partition coefficient (Wildman–Crippen LogP) is 4.90. The van der Waals surface area contributed by atoms with E-state index in [0.29, 0.717) is 27.7 Å². The van der Waals surface area contributed by atoms with Crippen molar-refractivity contribution in [1.29, 1.82) is 5.26 Å². The summed E-state index contributed by atoms with van der Waals surface area (Å²) in [5.74, 6) is -0.312. The number of nitrogens with zero attached hydrogens (tertiary/aromatic N) is 1. The van der Waals surface area contributed by atoms with Crippen LogP contribution in [0.4, 0.5) is 11.4 Å². The third-order valence-electron chi connectivity index (χ3n) is 4.09. The highest BCUT2D eigenvalue weighted by atomic mass is 35.5. The summed E-state index contributed by atoms with van der Waals surface area (Å²) in [5, 5.41) is 15.3. The molecule has 0 fully saturated rings. The number of benzene rings is 3. The maximum absolute atomic E-state index is 12.3. The Morgan fingerprint density at radius 3 is 2.19 bits per heavy atom. The van der Waals surface area contributed by atoms with Crippen LogP contribution >= 0.6 is 11.6 Å². The molecule has 3 rings (SSSR count). The molecule has 0 atom stereocenters. The molecule has 0 saturated carbocycles. The number of halogens is 1. The van der Waals surface area contributed by atoms with Crippen molar-refractivity contribution in [2.24, 2.45) is 0 Å². The normalized spacial score (nSPS) is 10.6. The van der Waals surface area contributed by atoms with Crippen LogP contribution in [-0.4, -0.2) is 18.4 Å². The monoisotopic (exact) mass is 431 g/mol. The second kappa shape index (κ2) is 10.6. The van der Waals surface area contributed by atoms with E-state index in [1.807, 2.05) is 24.3 Å². The summed E-state index contributed by atoms with van der Waals surface area (Å²) >= 11 is 5.83. The largest absolute Gasteiger partial charge is 0.484 e. The van der Waals surface area contributed by atoms with Crippen LogP contribution in [0.1, 0.15) is 5.56 Å². The van der Waals surface area contributed by atoms with Gasteiger partial charge in [-0.3, -0.25) is 9.59 Å². The van der Waals surface area contributed by atoms with Gasteiger partial charge >= 0.3 is 0 Å². The van der Waals surface area contributed by atoms with Crippen LogP contribution in [0, 0.1) is 11.3 Å². The van der Waals surface area contributed by atoms with Crippen molar-refractivity contribution >= 4 is 40.9 Å². The Hall–Kier alpha value is -4.08. The lowest BCUT2D eigenvalue weighted by atomic mass is 10.1. The molecule has 31 heavy (non-hydrogen) atoms. The van der Waals surface area contributed by atoms with Gasteiger partial charge in [-0.15, -0.1) is 0 Å². The highest BCUT2D eigenvalue weighted by Gasteiger charge is 2.10. The average molecular weight is 432 g/mol. The van der Waals surface area contributed by atoms with Crippen molar-refractivity contribution in [2.45, 2.75) is 0 Å². The molecule has 2 amide bonds. The van der Waals surface area contributed by atoms with Crippen molar-refractivity contribution < 1.29 is 14.3 Å². The number of carbonyl (C=O) groups excluding carboxylic acids is 2. The van der Waals surface area contributed by atoms with Crippen molar-refractivity contribution in [3.8, 4) is 11.8 Å². The van der Waals surface area contributed by atoms with E-state index in [4.69, 9.17) is 16.3 Å². The summed E-state index contributed by atoms with van der Waals surface area (Å²) in [7, 11) is 0. The van der Waals surface area contributed by atoms with Crippen LogP contribution in [0.15, 0.2) is 84.4 Å². The first-order chi connectivity index (χ1) is 15.0. The van der Waals surface area contributed by atoms with Gasteiger partial charge in [-0.2, -0.15) is 5.26 Å². The fourth-order valence-corrected chi connectivity index (χ4v) is 2.70. The maximum atomic E-state index is 12.3. The van der Waals surface area contributed by atoms with Gasteiger partial charge < -0.3 is 15.4 Å². The topological polar surface area (TPSA) is 91.2 Å². The van der Waals surface area contributed by atoms with Gasteiger partial charge in [-0.25, -0.2) is 0 Å². The number of nitriles is 1. The molecule has 0 saturated heterocycles. The standard InChI is InChI=1S/C24H18ClN3O3/c25-19-8-10-21(11-9-19)28-24(30)18(15-26)14-17-6-12-22(13-7-17)31-16-23(29)27-20-4-2-1-3-5-20/h1-14H,16H2,(H,27,29)(H,28,30)/b18-14+. The second-order valence-corrected chi connectivity index (χ2v) is 6.84. The zero-order valence-electron chi connectivity index (χ0n) is 16.3. The van der Waals surface area contributed by atoms with Crippen LogP contribution in [-0.2, 0) is 9.59 Å². The molecule has 0 heterocycles. The second-order valence-electron chi connectivity index (χ2n) is 6.40. The van der Waals surface area contributed by atoms with Crippen molar-refractivity contribution in [2.75, 3.05) is 17.2 Å². The van der Waals surface area contributed by atoms with Gasteiger partial charge in [0.2, 0.25) is 0 Å². The molecule has 7 heteroatoms. The molecular weight excluding hydrogens is 414 g/mol. The van der Waals surface area contributed by atoms with Gasteiger partial charge in [0.15, 0.2) is 6.61 Å². The minimum atomic E-state index is -0.525. The number of rotatable bonds is 7. The van der Waals surface area contributed by atoms with E-state index in [9.17, 15) is 14.9 Å². The van der Waals surface area contributed by atoms with Gasteiger partial charge in [-0.05, 0) is 60.2 Å². The van der Waals surface area contributed by atoms with Gasteiger partial charge in [0, 0.05) is 16.4 Å². The predicted molar refractivity (Wildman–Crippen MR) is 121 cm³/mol. The number of ether oxygens (including phenoxy) is 1. The molecule has 2 N–H and O–H groups in total. The number of anilines is 2. The molecule has 0 aliphatic heterocycles. The number of hydrogen-bond donors (Lipinski definition) is 2. The van der Waals surface area contributed by atoms with Gasteiger partial charge in [0.05, 0.1) is 0 Å². The van der Waals surface area contributed by atoms with Crippen molar-refractivity contribution in [3.05, 3.63) is 95.0 Å². The maximum Gasteiger partial charge on any atom is 0.266 e. The van der Waals surface area contributed by atoms with Gasteiger partial charge in [0.1, 0.15) is 17.4 Å². The van der Waals surface area contributed by atoms with Crippen molar-refractivity contribution in [1.82, 2.24) is 0 Å². The van der Waals surface area contributed by atoms with Crippen LogP contribution in [0.25, 0.3) is 6.08 Å². The Morgan fingerprint density at radius 1 is 0.903 bits per heavy atom. The highest BCUT2D eigenvalue weighted by Crippen LogP contribution is 2.17. The zero-order chi connectivity index (χ0) is 22.1. The fourth-order valence-electron chi connectivity index (χ4n) is 2.57. The SMILES string of the molecule is N#C/C(=C\c1ccc(OCC(=O)Nc2ccccc2)cc1)C(=O)Nc1ccc(Cl)cc1. The molecule has 6 nitrogen and oxygen atoms in total. The molecule has 154 valence electrons. The van der Waals surface area contributed by atoms with E-state index in [0.717, 1.165) is 0 Å². The summed E-state index contributed by atoms with van der Waals surface area (Å²) in [6.45, 7) is -0.142. The minimum Gasteiger partial charge on any atom is -0.484 e. The Bertz CT molecular complexity index is 1120. The van der Waals surface area contributed by atoms with E-state index < -0.39 is 5.91 Å². The molecule has 0 unspecified atom stereocenters. The molecule has 3 aromatic rings. The fraction of sp³-hybridized carbons (Fsp3) is 0.0417. The van der Waals surface area contributed by atoms with Crippen LogP contribution in [0.5, 0.6) is 5.75 Å². The quantitative estimate of drug-likeness (QED) is 0.411. The number of para-hydroxylation sites is 1. The summed E-state index contributed by atoms with van der Waals surface area (Å²) in [6, 6.07) is 24.3. The first-order valence-electron chi connectivity index (χ1n) is 9.30. The smallest absolute Gasteiger partial charge is 0.266 e. The molecule has 0 aromatic heterocycles. The van der Waals surface area contributed by atoms with E-state index in [-0.39, 0.29) is 18.1 Å². The first-order valence-corrected chi connectivity index (χ1v) is 9.68. The first kappa shape index (κ1) is 21.6. The molecule has 0 aliphatic rings. The summed E-state index contributed by atoms with van der Waals surface area (Å²) in [5.41, 5.74) is 1.82. The van der Waals surface area contributed by atoms with Gasteiger partial charge in [0.25, 0.3) is 11.8 Å². The lowest BCUT2D eigenvalue weighted by Gasteiger charge is -2.08. The van der Waals surface area contributed by atoms with Crippen LogP contribution in [0.3, 0.4) is 0 Å². The summed E-state index contributed by atoms with van der Waals surface area (Å²) in [4.78, 5) is 24.3. The van der Waals surface area contributed by atoms with E-state index >= 15 is 0 Å².